The van der Waals surface area contributed by atoms with Crippen LogP contribution in [0.4, 0.5) is 0 Å². The molecule has 0 aliphatic heterocycles. The summed E-state index contributed by atoms with van der Waals surface area (Å²) in [4.78, 5) is 5.47. The second-order valence-electron chi connectivity index (χ2n) is 4.76. The van der Waals surface area contributed by atoms with Gasteiger partial charge in [-0.05, 0) is 24.5 Å². The van der Waals surface area contributed by atoms with Crippen molar-refractivity contribution in [2.45, 2.75) is 31.3 Å². The highest BCUT2D eigenvalue weighted by atomic mass is 32.2. The van der Waals surface area contributed by atoms with Crippen molar-refractivity contribution in [3.05, 3.63) is 48.2 Å². The predicted molar refractivity (Wildman–Crippen MR) is 84.5 cm³/mol. The molecule has 1 heterocycles. The second-order valence-corrected chi connectivity index (χ2v) is 5.60. The van der Waals surface area contributed by atoms with Crippen molar-refractivity contribution in [1.29, 1.82) is 0 Å². The van der Waals surface area contributed by atoms with E-state index in [1.807, 2.05) is 36.6 Å². The number of para-hydroxylation sites is 1. The number of hydrogen-bond donors (Lipinski definition) is 1. The molecular formula is C16H20N2OS. The van der Waals surface area contributed by atoms with Crippen LogP contribution in [0, 0.1) is 0 Å². The molecule has 0 fully saturated rings. The van der Waals surface area contributed by atoms with E-state index in [-0.39, 0.29) is 0 Å². The fourth-order valence-corrected chi connectivity index (χ4v) is 2.30. The molecule has 0 aliphatic rings. The van der Waals surface area contributed by atoms with Gasteiger partial charge in [0.15, 0.2) is 0 Å². The zero-order valence-electron chi connectivity index (χ0n) is 12.1. The Balaban J connectivity index is 2.20. The van der Waals surface area contributed by atoms with Crippen molar-refractivity contribution in [2.24, 2.45) is 0 Å². The molecule has 3 nitrogen and oxygen atoms in total. The molecule has 0 bridgehead atoms. The fourth-order valence-electron chi connectivity index (χ4n) is 1.77. The van der Waals surface area contributed by atoms with Gasteiger partial charge in [-0.3, -0.25) is 0 Å². The SMILES string of the molecule is CSc1ccccc1Oc1ncccc1CNC(C)C. The normalized spacial score (nSPS) is 10.8. The molecule has 0 aliphatic carbocycles. The Kier molecular flexibility index (Phi) is 5.44. The van der Waals surface area contributed by atoms with E-state index in [2.05, 4.69) is 30.2 Å². The maximum atomic E-state index is 5.99. The number of nitrogens with zero attached hydrogens (tertiary/aromatic N) is 1. The zero-order valence-corrected chi connectivity index (χ0v) is 12.9. The van der Waals surface area contributed by atoms with Crippen molar-refractivity contribution in [3.63, 3.8) is 0 Å². The molecular weight excluding hydrogens is 268 g/mol. The Morgan fingerprint density at radius 2 is 2.00 bits per heavy atom. The van der Waals surface area contributed by atoms with E-state index >= 15 is 0 Å². The molecule has 0 spiro atoms. The van der Waals surface area contributed by atoms with E-state index in [9.17, 15) is 0 Å². The smallest absolute Gasteiger partial charge is 0.223 e. The summed E-state index contributed by atoms with van der Waals surface area (Å²) in [5.74, 6) is 1.52. The van der Waals surface area contributed by atoms with Crippen LogP contribution in [0.1, 0.15) is 19.4 Å². The molecule has 0 amide bonds. The first-order chi connectivity index (χ1) is 9.70. The Labute approximate surface area is 124 Å². The van der Waals surface area contributed by atoms with Gasteiger partial charge in [-0.2, -0.15) is 0 Å². The lowest BCUT2D eigenvalue weighted by Crippen LogP contribution is -2.22. The Bertz CT molecular complexity index is 558. The lowest BCUT2D eigenvalue weighted by Gasteiger charge is -2.13. The molecule has 4 heteroatoms. The maximum absolute atomic E-state index is 5.99. The molecule has 20 heavy (non-hydrogen) atoms. The van der Waals surface area contributed by atoms with Crippen molar-refractivity contribution in [2.75, 3.05) is 6.26 Å². The zero-order chi connectivity index (χ0) is 14.4. The van der Waals surface area contributed by atoms with Crippen molar-refractivity contribution in [1.82, 2.24) is 10.3 Å². The van der Waals surface area contributed by atoms with E-state index in [4.69, 9.17) is 4.74 Å². The van der Waals surface area contributed by atoms with E-state index < -0.39 is 0 Å². The van der Waals surface area contributed by atoms with Gasteiger partial charge < -0.3 is 10.1 Å². The summed E-state index contributed by atoms with van der Waals surface area (Å²) >= 11 is 1.67. The summed E-state index contributed by atoms with van der Waals surface area (Å²) in [5, 5.41) is 3.39. The highest BCUT2D eigenvalue weighted by Crippen LogP contribution is 2.31. The summed E-state index contributed by atoms with van der Waals surface area (Å²) in [6, 6.07) is 12.4. The number of pyridine rings is 1. The van der Waals surface area contributed by atoms with Gasteiger partial charge in [0.2, 0.25) is 5.88 Å². The Morgan fingerprint density at radius 3 is 2.75 bits per heavy atom. The largest absolute Gasteiger partial charge is 0.438 e. The molecule has 1 N–H and O–H groups in total. The topological polar surface area (TPSA) is 34.1 Å². The number of ether oxygens (including phenoxy) is 1. The molecule has 1 aromatic carbocycles. The van der Waals surface area contributed by atoms with Crippen LogP contribution in [0.25, 0.3) is 0 Å². The van der Waals surface area contributed by atoms with E-state index in [1.54, 1.807) is 18.0 Å². The molecule has 0 saturated heterocycles. The third-order valence-electron chi connectivity index (χ3n) is 2.83. The molecule has 2 rings (SSSR count). The highest BCUT2D eigenvalue weighted by Gasteiger charge is 2.09. The lowest BCUT2D eigenvalue weighted by molar-refractivity contribution is 0.440. The first-order valence-electron chi connectivity index (χ1n) is 6.69. The van der Waals surface area contributed by atoms with E-state index in [1.165, 1.54) is 0 Å². The van der Waals surface area contributed by atoms with Crippen LogP contribution in [0.5, 0.6) is 11.6 Å². The van der Waals surface area contributed by atoms with Crippen molar-refractivity contribution < 1.29 is 4.74 Å². The van der Waals surface area contributed by atoms with Crippen LogP contribution in [-0.4, -0.2) is 17.3 Å². The van der Waals surface area contributed by atoms with Gasteiger partial charge in [0.25, 0.3) is 0 Å². The predicted octanol–water partition coefficient (Wildman–Crippen LogP) is 4.09. The fraction of sp³-hybridized carbons (Fsp3) is 0.312. The van der Waals surface area contributed by atoms with Gasteiger partial charge in [0, 0.05) is 29.2 Å². The molecule has 0 unspecified atom stereocenters. The van der Waals surface area contributed by atoms with Crippen LogP contribution in [0.2, 0.25) is 0 Å². The van der Waals surface area contributed by atoms with Gasteiger partial charge in [-0.15, -0.1) is 11.8 Å². The number of benzene rings is 1. The number of rotatable bonds is 6. The molecule has 2 aromatic rings. The minimum absolute atomic E-state index is 0.432. The second kappa shape index (κ2) is 7.31. The minimum Gasteiger partial charge on any atom is -0.438 e. The Hall–Kier alpha value is -1.52. The van der Waals surface area contributed by atoms with Gasteiger partial charge >= 0.3 is 0 Å². The summed E-state index contributed by atoms with van der Waals surface area (Å²) in [6.45, 7) is 5.00. The average Bonchev–Trinajstić information content (AvgIpc) is 2.47. The number of aromatic nitrogens is 1. The maximum Gasteiger partial charge on any atom is 0.223 e. The summed E-state index contributed by atoms with van der Waals surface area (Å²) in [7, 11) is 0. The van der Waals surface area contributed by atoms with Gasteiger partial charge in [-0.25, -0.2) is 4.98 Å². The van der Waals surface area contributed by atoms with Crippen LogP contribution >= 0.6 is 11.8 Å². The highest BCUT2D eigenvalue weighted by molar-refractivity contribution is 7.98. The average molecular weight is 288 g/mol. The lowest BCUT2D eigenvalue weighted by atomic mass is 10.2. The molecule has 0 atom stereocenters. The van der Waals surface area contributed by atoms with Crippen LogP contribution in [0.15, 0.2) is 47.5 Å². The van der Waals surface area contributed by atoms with Crippen LogP contribution in [0.3, 0.4) is 0 Å². The minimum atomic E-state index is 0.432. The molecule has 106 valence electrons. The monoisotopic (exact) mass is 288 g/mol. The summed E-state index contributed by atoms with van der Waals surface area (Å²) < 4.78 is 5.99. The number of nitrogens with one attached hydrogen (secondary N) is 1. The molecule has 1 aromatic heterocycles. The number of thioether (sulfide) groups is 1. The summed E-state index contributed by atoms with van der Waals surface area (Å²) in [6.07, 6.45) is 3.80. The molecule has 0 radical (unpaired) electrons. The quantitative estimate of drug-likeness (QED) is 0.812. The Morgan fingerprint density at radius 1 is 1.20 bits per heavy atom. The van der Waals surface area contributed by atoms with E-state index in [0.717, 1.165) is 22.8 Å². The van der Waals surface area contributed by atoms with E-state index in [0.29, 0.717) is 11.9 Å². The number of hydrogen-bond acceptors (Lipinski definition) is 4. The van der Waals surface area contributed by atoms with Gasteiger partial charge in [-0.1, -0.05) is 32.0 Å². The van der Waals surface area contributed by atoms with Crippen molar-refractivity contribution >= 4 is 11.8 Å². The van der Waals surface area contributed by atoms with Crippen molar-refractivity contribution in [3.8, 4) is 11.6 Å². The first-order valence-corrected chi connectivity index (χ1v) is 7.91. The third kappa shape index (κ3) is 3.99. The third-order valence-corrected chi connectivity index (χ3v) is 3.60. The standard InChI is InChI=1S/C16H20N2OS/c1-12(2)18-11-13-7-6-10-17-16(13)19-14-8-4-5-9-15(14)20-3/h4-10,12,18H,11H2,1-3H3. The first kappa shape index (κ1) is 14.9. The van der Waals surface area contributed by atoms with Crippen LogP contribution < -0.4 is 10.1 Å². The summed E-state index contributed by atoms with van der Waals surface area (Å²) in [5.41, 5.74) is 1.07. The van der Waals surface area contributed by atoms with Crippen LogP contribution in [-0.2, 0) is 6.54 Å². The van der Waals surface area contributed by atoms with Gasteiger partial charge in [0.1, 0.15) is 5.75 Å². The van der Waals surface area contributed by atoms with Gasteiger partial charge in [0.05, 0.1) is 0 Å². The molecule has 0 saturated carbocycles.